The first-order valence-electron chi connectivity index (χ1n) is 14.6. The van der Waals surface area contributed by atoms with Gasteiger partial charge in [0, 0.05) is 34.4 Å². The Bertz CT molecular complexity index is 2430. The zero-order chi connectivity index (χ0) is 32.5. The molecular formula is C36H18N4O8. The van der Waals surface area contributed by atoms with Crippen LogP contribution >= 0.6 is 0 Å². The predicted molar refractivity (Wildman–Crippen MR) is 172 cm³/mol. The number of carboxylic acid groups (broad SMARTS) is 2. The van der Waals surface area contributed by atoms with Crippen LogP contribution in [0.15, 0.2) is 115 Å². The Morgan fingerprint density at radius 1 is 0.396 bits per heavy atom. The molecule has 0 bridgehead atoms. The standard InChI is InChI=1S/C36H18N4O8/c41-35(42)21-9-5-19(6-10-21)33-39-25-13-23-27(15-29(25)47-33)45-31(37-23)17-1-2-18(4-3-17)32-38-24-14-26-30(16-28(24)46-32)48-34(40-26)20-7-11-22(12-8-20)36(43)44/h1-16H,(H,41,42)(H,43,44). The number of oxazole rings is 4. The van der Waals surface area contributed by atoms with E-state index < -0.39 is 11.9 Å². The minimum absolute atomic E-state index is 0.180. The predicted octanol–water partition coefficient (Wildman–Crippen LogP) is 8.32. The van der Waals surface area contributed by atoms with E-state index in [0.717, 1.165) is 11.1 Å². The molecule has 4 heterocycles. The largest absolute Gasteiger partial charge is 0.478 e. The highest BCUT2D eigenvalue weighted by molar-refractivity contribution is 5.93. The molecule has 48 heavy (non-hydrogen) atoms. The van der Waals surface area contributed by atoms with Crippen molar-refractivity contribution in [3.63, 3.8) is 0 Å². The van der Waals surface area contributed by atoms with Crippen molar-refractivity contribution in [1.82, 2.24) is 19.9 Å². The van der Waals surface area contributed by atoms with E-state index in [9.17, 15) is 9.59 Å². The number of carbonyl (C=O) groups is 2. The van der Waals surface area contributed by atoms with Crippen LogP contribution in [-0.2, 0) is 0 Å². The Morgan fingerprint density at radius 2 is 0.646 bits per heavy atom. The van der Waals surface area contributed by atoms with E-state index in [-0.39, 0.29) is 11.1 Å². The number of nitrogens with zero attached hydrogens (tertiary/aromatic N) is 4. The van der Waals surface area contributed by atoms with Gasteiger partial charge in [0.2, 0.25) is 23.6 Å². The second kappa shape index (κ2) is 10.2. The van der Waals surface area contributed by atoms with Crippen molar-refractivity contribution >= 4 is 56.3 Å². The van der Waals surface area contributed by atoms with Gasteiger partial charge in [-0.1, -0.05) is 0 Å². The van der Waals surface area contributed by atoms with Gasteiger partial charge in [-0.25, -0.2) is 29.5 Å². The molecule has 9 aromatic rings. The summed E-state index contributed by atoms with van der Waals surface area (Å²) in [5, 5.41) is 18.3. The van der Waals surface area contributed by atoms with Crippen LogP contribution in [0.5, 0.6) is 0 Å². The zero-order valence-electron chi connectivity index (χ0n) is 24.4. The molecule has 0 aliphatic rings. The quantitative estimate of drug-likeness (QED) is 0.179. The molecule has 0 aliphatic carbocycles. The van der Waals surface area contributed by atoms with Crippen molar-refractivity contribution in [1.29, 1.82) is 0 Å². The molecule has 0 amide bonds. The molecule has 0 saturated heterocycles. The van der Waals surface area contributed by atoms with E-state index in [1.807, 2.05) is 24.3 Å². The highest BCUT2D eigenvalue weighted by Crippen LogP contribution is 2.34. The fraction of sp³-hybridized carbons (Fsp3) is 0. The maximum atomic E-state index is 11.2. The molecule has 0 fully saturated rings. The number of carboxylic acids is 2. The van der Waals surface area contributed by atoms with Crippen LogP contribution in [0, 0.1) is 0 Å². The lowest BCUT2D eigenvalue weighted by Crippen LogP contribution is -1.94. The molecule has 12 heteroatoms. The number of aromatic carboxylic acids is 2. The van der Waals surface area contributed by atoms with Crippen molar-refractivity contribution in [2.75, 3.05) is 0 Å². The summed E-state index contributed by atoms with van der Waals surface area (Å²) in [6.07, 6.45) is 0. The molecule has 9 rings (SSSR count). The van der Waals surface area contributed by atoms with Crippen LogP contribution < -0.4 is 0 Å². The Morgan fingerprint density at radius 3 is 0.896 bits per heavy atom. The Kier molecular flexibility index (Phi) is 5.80. The van der Waals surface area contributed by atoms with Gasteiger partial charge in [-0.3, -0.25) is 0 Å². The average molecular weight is 635 g/mol. The molecule has 0 aliphatic heterocycles. The van der Waals surface area contributed by atoms with Gasteiger partial charge < -0.3 is 27.9 Å². The molecule has 2 N–H and O–H groups in total. The average Bonchev–Trinajstić information content (AvgIpc) is 3.90. The fourth-order valence-electron chi connectivity index (χ4n) is 5.46. The lowest BCUT2D eigenvalue weighted by Gasteiger charge is -1.98. The molecule has 12 nitrogen and oxygen atoms in total. The summed E-state index contributed by atoms with van der Waals surface area (Å²) in [7, 11) is 0. The Hall–Kier alpha value is -7.08. The van der Waals surface area contributed by atoms with Crippen LogP contribution in [0.4, 0.5) is 0 Å². The third-order valence-electron chi connectivity index (χ3n) is 7.93. The maximum absolute atomic E-state index is 11.2. The van der Waals surface area contributed by atoms with Crippen LogP contribution in [0.2, 0.25) is 0 Å². The third kappa shape index (κ3) is 4.55. The number of hydrogen-bond acceptors (Lipinski definition) is 10. The van der Waals surface area contributed by atoms with Gasteiger partial charge in [-0.2, -0.15) is 0 Å². The first kappa shape index (κ1) is 27.2. The van der Waals surface area contributed by atoms with Gasteiger partial charge in [0.1, 0.15) is 22.1 Å². The maximum Gasteiger partial charge on any atom is 0.335 e. The van der Waals surface area contributed by atoms with Gasteiger partial charge >= 0.3 is 11.9 Å². The zero-order valence-corrected chi connectivity index (χ0v) is 24.4. The normalized spacial score (nSPS) is 11.7. The first-order chi connectivity index (χ1) is 23.3. The smallest absolute Gasteiger partial charge is 0.335 e. The van der Waals surface area contributed by atoms with E-state index >= 15 is 0 Å². The molecule has 0 spiro atoms. The van der Waals surface area contributed by atoms with Gasteiger partial charge in [0.25, 0.3) is 0 Å². The summed E-state index contributed by atoms with van der Waals surface area (Å²) in [6, 6.07) is 27.1. The second-order valence-corrected chi connectivity index (χ2v) is 11.0. The van der Waals surface area contributed by atoms with E-state index in [1.165, 1.54) is 24.3 Å². The summed E-state index contributed by atoms with van der Waals surface area (Å²) in [6.45, 7) is 0. The van der Waals surface area contributed by atoms with E-state index in [0.29, 0.717) is 79.1 Å². The third-order valence-corrected chi connectivity index (χ3v) is 7.93. The number of fused-ring (bicyclic) bond motifs is 4. The summed E-state index contributed by atoms with van der Waals surface area (Å²) < 4.78 is 24.0. The van der Waals surface area contributed by atoms with Crippen molar-refractivity contribution in [2.45, 2.75) is 0 Å². The molecule has 0 radical (unpaired) electrons. The Labute approximate surface area is 267 Å². The molecule has 5 aromatic carbocycles. The van der Waals surface area contributed by atoms with Crippen LogP contribution in [0.1, 0.15) is 20.7 Å². The number of benzene rings is 5. The first-order valence-corrected chi connectivity index (χ1v) is 14.6. The van der Waals surface area contributed by atoms with Crippen molar-refractivity contribution < 1.29 is 37.5 Å². The number of aromatic nitrogens is 4. The van der Waals surface area contributed by atoms with E-state index in [4.69, 9.17) is 27.9 Å². The summed E-state index contributed by atoms with van der Waals surface area (Å²) in [5.41, 5.74) is 7.68. The van der Waals surface area contributed by atoms with Gasteiger partial charge in [-0.15, -0.1) is 0 Å². The number of rotatable bonds is 6. The van der Waals surface area contributed by atoms with Gasteiger partial charge in [0.15, 0.2) is 22.3 Å². The molecular weight excluding hydrogens is 616 g/mol. The van der Waals surface area contributed by atoms with E-state index in [1.54, 1.807) is 48.5 Å². The van der Waals surface area contributed by atoms with Crippen LogP contribution in [0.3, 0.4) is 0 Å². The lowest BCUT2D eigenvalue weighted by molar-refractivity contribution is 0.0686. The van der Waals surface area contributed by atoms with Crippen molar-refractivity contribution in [3.8, 4) is 45.8 Å². The molecule has 230 valence electrons. The highest BCUT2D eigenvalue weighted by Gasteiger charge is 2.17. The SMILES string of the molecule is O=C(O)c1ccc(-c2nc3cc4nc(-c5ccc(-c6nc7cc8nc(-c9ccc(C(=O)O)cc9)oc8cc7o6)cc5)oc4cc3o2)cc1. The van der Waals surface area contributed by atoms with Gasteiger partial charge in [0.05, 0.1) is 11.1 Å². The van der Waals surface area contributed by atoms with E-state index in [2.05, 4.69) is 19.9 Å². The van der Waals surface area contributed by atoms with Crippen molar-refractivity contribution in [3.05, 3.63) is 108 Å². The lowest BCUT2D eigenvalue weighted by atomic mass is 10.1. The minimum Gasteiger partial charge on any atom is -0.478 e. The van der Waals surface area contributed by atoms with Crippen LogP contribution in [-0.4, -0.2) is 42.1 Å². The molecule has 0 unspecified atom stereocenters. The summed E-state index contributed by atoms with van der Waals surface area (Å²) >= 11 is 0. The number of hydrogen-bond donors (Lipinski definition) is 2. The molecule has 0 saturated carbocycles. The van der Waals surface area contributed by atoms with Crippen LogP contribution in [0.25, 0.3) is 90.2 Å². The second-order valence-electron chi connectivity index (χ2n) is 11.0. The summed E-state index contributed by atoms with van der Waals surface area (Å²) in [5.74, 6) is -0.431. The molecule has 0 atom stereocenters. The Balaban J connectivity index is 0.967. The minimum atomic E-state index is -1.00. The van der Waals surface area contributed by atoms with Gasteiger partial charge in [-0.05, 0) is 84.9 Å². The fourth-order valence-corrected chi connectivity index (χ4v) is 5.46. The highest BCUT2D eigenvalue weighted by atomic mass is 16.4. The van der Waals surface area contributed by atoms with Crippen molar-refractivity contribution in [2.24, 2.45) is 0 Å². The summed E-state index contributed by atoms with van der Waals surface area (Å²) in [4.78, 5) is 40.7. The monoisotopic (exact) mass is 634 g/mol. The topological polar surface area (TPSA) is 179 Å². The molecule has 4 aromatic heterocycles.